The van der Waals surface area contributed by atoms with Gasteiger partial charge in [-0.3, -0.25) is 4.79 Å². The van der Waals surface area contributed by atoms with Crippen LogP contribution in [0.1, 0.15) is 41.6 Å². The fourth-order valence-corrected chi connectivity index (χ4v) is 2.34. The van der Waals surface area contributed by atoms with Crippen molar-refractivity contribution in [1.29, 1.82) is 0 Å². The minimum Gasteiger partial charge on any atom is -0.376 e. The van der Waals surface area contributed by atoms with Gasteiger partial charge in [0.25, 0.3) is 5.91 Å². The maximum atomic E-state index is 11.8. The van der Waals surface area contributed by atoms with Gasteiger partial charge < -0.3 is 15.8 Å². The summed E-state index contributed by atoms with van der Waals surface area (Å²) in [5, 5.41) is 2.87. The molecule has 0 saturated heterocycles. The van der Waals surface area contributed by atoms with E-state index in [1.807, 2.05) is 12.1 Å². The maximum Gasteiger partial charge on any atom is 0.251 e. The highest BCUT2D eigenvalue weighted by molar-refractivity contribution is 5.94. The van der Waals surface area contributed by atoms with Crippen LogP contribution in [-0.4, -0.2) is 25.2 Å². The number of hydrogen-bond acceptors (Lipinski definition) is 3. The van der Waals surface area contributed by atoms with Crippen molar-refractivity contribution < 1.29 is 9.53 Å². The lowest BCUT2D eigenvalue weighted by atomic mass is 10.1. The summed E-state index contributed by atoms with van der Waals surface area (Å²) in [5.41, 5.74) is 7.21. The average molecular weight is 262 g/mol. The van der Waals surface area contributed by atoms with E-state index >= 15 is 0 Å². The van der Waals surface area contributed by atoms with Gasteiger partial charge in [-0.25, -0.2) is 0 Å². The van der Waals surface area contributed by atoms with Crippen LogP contribution >= 0.6 is 0 Å². The van der Waals surface area contributed by atoms with E-state index in [1.54, 1.807) is 12.1 Å². The molecule has 0 unspecified atom stereocenters. The largest absolute Gasteiger partial charge is 0.376 e. The highest BCUT2D eigenvalue weighted by atomic mass is 16.5. The summed E-state index contributed by atoms with van der Waals surface area (Å²) in [6.45, 7) is 1.66. The first-order chi connectivity index (χ1) is 9.29. The fourth-order valence-electron chi connectivity index (χ4n) is 2.34. The molecule has 0 aromatic heterocycles. The van der Waals surface area contributed by atoms with E-state index in [4.69, 9.17) is 10.5 Å². The van der Waals surface area contributed by atoms with Crippen LogP contribution in [0, 0.1) is 0 Å². The number of benzene rings is 1. The van der Waals surface area contributed by atoms with Crippen LogP contribution in [0.15, 0.2) is 24.3 Å². The highest BCUT2D eigenvalue weighted by Gasteiger charge is 2.14. The van der Waals surface area contributed by atoms with Crippen molar-refractivity contribution in [3.63, 3.8) is 0 Å². The fraction of sp³-hybridized carbons (Fsp3) is 0.533. The first-order valence-corrected chi connectivity index (χ1v) is 6.98. The average Bonchev–Trinajstić information content (AvgIpc) is 2.96. The lowest BCUT2D eigenvalue weighted by Crippen LogP contribution is -2.28. The zero-order valence-corrected chi connectivity index (χ0v) is 11.2. The summed E-state index contributed by atoms with van der Waals surface area (Å²) in [6.07, 6.45) is 5.26. The van der Waals surface area contributed by atoms with Crippen molar-refractivity contribution in [2.45, 2.75) is 38.3 Å². The van der Waals surface area contributed by atoms with Crippen LogP contribution in [0.5, 0.6) is 0 Å². The molecule has 1 aromatic carbocycles. The van der Waals surface area contributed by atoms with Crippen LogP contribution in [0.3, 0.4) is 0 Å². The Morgan fingerprint density at radius 2 is 1.95 bits per heavy atom. The molecular formula is C15H22N2O2. The molecule has 0 spiro atoms. The zero-order chi connectivity index (χ0) is 13.5. The summed E-state index contributed by atoms with van der Waals surface area (Å²) in [5.74, 6) is -0.0569. The van der Waals surface area contributed by atoms with E-state index in [9.17, 15) is 4.79 Å². The first kappa shape index (κ1) is 14.0. The molecule has 104 valence electrons. The van der Waals surface area contributed by atoms with Gasteiger partial charge in [-0.2, -0.15) is 0 Å². The highest BCUT2D eigenvalue weighted by Crippen LogP contribution is 2.20. The summed E-state index contributed by atoms with van der Waals surface area (Å²) in [7, 11) is 0. The van der Waals surface area contributed by atoms with E-state index in [0.29, 0.717) is 31.4 Å². The number of nitrogens with two attached hydrogens (primary N) is 1. The Morgan fingerprint density at radius 1 is 1.26 bits per heavy atom. The number of amides is 1. The van der Waals surface area contributed by atoms with Gasteiger partial charge in [0.1, 0.15) is 0 Å². The molecule has 3 N–H and O–H groups in total. The summed E-state index contributed by atoms with van der Waals surface area (Å²) in [4.78, 5) is 11.8. The third kappa shape index (κ3) is 4.33. The van der Waals surface area contributed by atoms with E-state index in [-0.39, 0.29) is 5.91 Å². The standard InChI is InChI=1S/C15H22N2O2/c16-11-12-5-7-13(8-6-12)15(18)17-9-10-19-14-3-1-2-4-14/h5-8,14H,1-4,9-11,16H2,(H,17,18). The van der Waals surface area contributed by atoms with Gasteiger partial charge in [0.2, 0.25) is 0 Å². The molecule has 1 saturated carbocycles. The van der Waals surface area contributed by atoms with E-state index in [2.05, 4.69) is 5.32 Å². The van der Waals surface area contributed by atoms with Crippen molar-refractivity contribution in [3.8, 4) is 0 Å². The van der Waals surface area contributed by atoms with Crippen molar-refractivity contribution >= 4 is 5.91 Å². The quantitative estimate of drug-likeness (QED) is 0.769. The summed E-state index contributed by atoms with van der Waals surface area (Å²) in [6, 6.07) is 7.36. The molecule has 19 heavy (non-hydrogen) atoms. The molecule has 4 heteroatoms. The number of rotatable bonds is 6. The molecule has 1 aliphatic rings. The Hall–Kier alpha value is -1.39. The lowest BCUT2D eigenvalue weighted by Gasteiger charge is -2.11. The van der Waals surface area contributed by atoms with Gasteiger partial charge >= 0.3 is 0 Å². The number of carbonyl (C=O) groups excluding carboxylic acids is 1. The zero-order valence-electron chi connectivity index (χ0n) is 11.2. The van der Waals surface area contributed by atoms with Gasteiger partial charge in [0.05, 0.1) is 12.7 Å². The Bertz CT molecular complexity index is 397. The van der Waals surface area contributed by atoms with Crippen LogP contribution in [0.4, 0.5) is 0 Å². The molecule has 2 rings (SSSR count). The minimum atomic E-state index is -0.0569. The molecule has 0 radical (unpaired) electrons. The molecular weight excluding hydrogens is 240 g/mol. The van der Waals surface area contributed by atoms with Crippen molar-refractivity contribution in [3.05, 3.63) is 35.4 Å². The van der Waals surface area contributed by atoms with Crippen LogP contribution in [-0.2, 0) is 11.3 Å². The topological polar surface area (TPSA) is 64.4 Å². The second kappa shape index (κ2) is 7.26. The predicted octanol–water partition coefficient (Wildman–Crippen LogP) is 1.83. The Balaban J connectivity index is 1.68. The molecule has 1 aliphatic carbocycles. The van der Waals surface area contributed by atoms with Crippen molar-refractivity contribution in [2.24, 2.45) is 5.73 Å². The van der Waals surface area contributed by atoms with Crippen LogP contribution in [0.2, 0.25) is 0 Å². The van der Waals surface area contributed by atoms with Gasteiger partial charge in [-0.1, -0.05) is 25.0 Å². The van der Waals surface area contributed by atoms with Gasteiger partial charge in [0.15, 0.2) is 0 Å². The lowest BCUT2D eigenvalue weighted by molar-refractivity contribution is 0.0582. The monoisotopic (exact) mass is 262 g/mol. The smallest absolute Gasteiger partial charge is 0.251 e. The van der Waals surface area contributed by atoms with Gasteiger partial charge in [-0.05, 0) is 30.5 Å². The number of carbonyl (C=O) groups is 1. The second-order valence-corrected chi connectivity index (χ2v) is 4.93. The molecule has 1 amide bonds. The van der Waals surface area contributed by atoms with Crippen molar-refractivity contribution in [2.75, 3.05) is 13.2 Å². The van der Waals surface area contributed by atoms with Crippen molar-refractivity contribution in [1.82, 2.24) is 5.32 Å². The number of ether oxygens (including phenoxy) is 1. The molecule has 0 atom stereocenters. The maximum absolute atomic E-state index is 11.8. The van der Waals surface area contributed by atoms with Gasteiger partial charge in [-0.15, -0.1) is 0 Å². The molecule has 0 heterocycles. The molecule has 4 nitrogen and oxygen atoms in total. The summed E-state index contributed by atoms with van der Waals surface area (Å²) < 4.78 is 5.69. The Labute approximate surface area is 114 Å². The molecule has 0 aliphatic heterocycles. The summed E-state index contributed by atoms with van der Waals surface area (Å²) >= 11 is 0. The SMILES string of the molecule is NCc1ccc(C(=O)NCCOC2CCCC2)cc1. The molecule has 1 aromatic rings. The molecule has 0 bridgehead atoms. The number of nitrogens with one attached hydrogen (secondary N) is 1. The number of hydrogen-bond donors (Lipinski definition) is 2. The van der Waals surface area contributed by atoms with Crippen LogP contribution in [0.25, 0.3) is 0 Å². The van der Waals surface area contributed by atoms with Crippen LogP contribution < -0.4 is 11.1 Å². The normalized spacial score (nSPS) is 15.6. The van der Waals surface area contributed by atoms with E-state index in [1.165, 1.54) is 12.8 Å². The van der Waals surface area contributed by atoms with Gasteiger partial charge in [0, 0.05) is 18.7 Å². The minimum absolute atomic E-state index is 0.0569. The third-order valence-electron chi connectivity index (χ3n) is 3.50. The van der Waals surface area contributed by atoms with E-state index in [0.717, 1.165) is 18.4 Å². The van der Waals surface area contributed by atoms with E-state index < -0.39 is 0 Å². The first-order valence-electron chi connectivity index (χ1n) is 6.98. The predicted molar refractivity (Wildman–Crippen MR) is 74.9 cm³/mol. The molecule has 1 fully saturated rings. The Kier molecular flexibility index (Phi) is 5.36. The third-order valence-corrected chi connectivity index (χ3v) is 3.50. The Morgan fingerprint density at radius 3 is 2.58 bits per heavy atom. The second-order valence-electron chi connectivity index (χ2n) is 4.93.